The number of benzene rings is 1. The second kappa shape index (κ2) is 3.58. The van der Waals surface area contributed by atoms with E-state index in [4.69, 9.17) is 4.74 Å². The van der Waals surface area contributed by atoms with Crippen LogP contribution in [0.2, 0.25) is 0 Å². The molecule has 0 aliphatic rings. The quantitative estimate of drug-likeness (QED) is 0.588. The molecule has 0 amide bonds. The van der Waals surface area contributed by atoms with Gasteiger partial charge in [-0.05, 0) is 24.1 Å². The molecule has 0 aliphatic heterocycles. The Hall–Kier alpha value is -0.550. The highest BCUT2D eigenvalue weighted by Gasteiger charge is 1.90. The maximum absolute atomic E-state index is 5.06. The zero-order valence-electron chi connectivity index (χ0n) is 6.22. The predicted molar refractivity (Wildman–Crippen MR) is 46.9 cm³/mol. The van der Waals surface area contributed by atoms with Gasteiger partial charge in [0.25, 0.3) is 0 Å². The van der Waals surface area contributed by atoms with Crippen LogP contribution in [0.4, 0.5) is 0 Å². The van der Waals surface area contributed by atoms with Crippen LogP contribution in [0.1, 0.15) is 0 Å². The Morgan fingerprint density at radius 3 is 2.80 bits per heavy atom. The highest BCUT2D eigenvalue weighted by Crippen LogP contribution is 2.11. The normalized spacial score (nSPS) is 10.6. The Balaban J connectivity index is 2.87. The monoisotopic (exact) mass is 154 g/mol. The van der Waals surface area contributed by atoms with Crippen molar-refractivity contribution >= 4 is 13.9 Å². The van der Waals surface area contributed by atoms with Crippen LogP contribution in [0.25, 0.3) is 0 Å². The first-order valence-corrected chi connectivity index (χ1v) is 4.68. The van der Waals surface area contributed by atoms with E-state index in [9.17, 15) is 0 Å². The van der Waals surface area contributed by atoms with Crippen molar-refractivity contribution in [1.29, 1.82) is 0 Å². The van der Waals surface area contributed by atoms with Crippen molar-refractivity contribution in [3.63, 3.8) is 0 Å². The SMILES string of the molecule is COc1cccc(PC)c1. The third kappa shape index (κ3) is 1.71. The lowest BCUT2D eigenvalue weighted by atomic mass is 10.3. The fraction of sp³-hybridized carbons (Fsp3) is 0.250. The van der Waals surface area contributed by atoms with Gasteiger partial charge in [0.2, 0.25) is 0 Å². The van der Waals surface area contributed by atoms with Crippen molar-refractivity contribution in [2.45, 2.75) is 0 Å². The van der Waals surface area contributed by atoms with Crippen molar-refractivity contribution in [2.24, 2.45) is 0 Å². The highest BCUT2D eigenvalue weighted by molar-refractivity contribution is 7.46. The summed E-state index contributed by atoms with van der Waals surface area (Å²) in [4.78, 5) is 0. The molecular weight excluding hydrogens is 143 g/mol. The summed E-state index contributed by atoms with van der Waals surface area (Å²) in [6.07, 6.45) is 0. The molecule has 10 heavy (non-hydrogen) atoms. The zero-order chi connectivity index (χ0) is 7.40. The van der Waals surface area contributed by atoms with Gasteiger partial charge in [0, 0.05) is 0 Å². The summed E-state index contributed by atoms with van der Waals surface area (Å²) < 4.78 is 5.06. The second-order valence-corrected chi connectivity index (χ2v) is 3.06. The van der Waals surface area contributed by atoms with Crippen LogP contribution >= 0.6 is 8.58 Å². The lowest BCUT2D eigenvalue weighted by Crippen LogP contribution is -1.93. The molecule has 0 N–H and O–H groups in total. The molecular formula is C8H11OP. The molecule has 0 spiro atoms. The molecule has 1 rings (SSSR count). The van der Waals surface area contributed by atoms with Gasteiger partial charge < -0.3 is 4.74 Å². The van der Waals surface area contributed by atoms with Crippen LogP contribution < -0.4 is 10.0 Å². The molecule has 0 saturated heterocycles. The van der Waals surface area contributed by atoms with Gasteiger partial charge in [-0.1, -0.05) is 20.7 Å². The minimum Gasteiger partial charge on any atom is -0.497 e. The molecule has 1 nitrogen and oxygen atoms in total. The van der Waals surface area contributed by atoms with Crippen molar-refractivity contribution in [3.8, 4) is 5.75 Å². The van der Waals surface area contributed by atoms with Crippen molar-refractivity contribution in [3.05, 3.63) is 24.3 Å². The molecule has 1 aromatic carbocycles. The maximum atomic E-state index is 5.06. The Morgan fingerprint density at radius 2 is 2.20 bits per heavy atom. The van der Waals surface area contributed by atoms with Crippen LogP contribution in [-0.4, -0.2) is 13.8 Å². The molecule has 0 aromatic heterocycles. The number of rotatable bonds is 2. The summed E-state index contributed by atoms with van der Waals surface area (Å²) in [5.74, 6) is 0.951. The maximum Gasteiger partial charge on any atom is 0.119 e. The third-order valence-corrected chi connectivity index (χ3v) is 2.25. The van der Waals surface area contributed by atoms with Gasteiger partial charge in [0.05, 0.1) is 7.11 Å². The summed E-state index contributed by atoms with van der Waals surface area (Å²) in [7, 11) is 2.54. The van der Waals surface area contributed by atoms with Crippen molar-refractivity contribution < 1.29 is 4.74 Å². The van der Waals surface area contributed by atoms with E-state index in [1.807, 2.05) is 12.1 Å². The van der Waals surface area contributed by atoms with E-state index in [0.717, 1.165) is 14.3 Å². The fourth-order valence-corrected chi connectivity index (χ4v) is 1.33. The second-order valence-electron chi connectivity index (χ2n) is 1.98. The van der Waals surface area contributed by atoms with Crippen molar-refractivity contribution in [1.82, 2.24) is 0 Å². The summed E-state index contributed by atoms with van der Waals surface area (Å²) in [6.45, 7) is 2.16. The lowest BCUT2D eigenvalue weighted by Gasteiger charge is -2.00. The molecule has 1 aromatic rings. The third-order valence-electron chi connectivity index (χ3n) is 1.36. The number of methoxy groups -OCH3 is 1. The molecule has 1 atom stereocenters. The van der Waals surface area contributed by atoms with Gasteiger partial charge in [-0.3, -0.25) is 0 Å². The minimum atomic E-state index is 0.849. The molecule has 0 bridgehead atoms. The first-order chi connectivity index (χ1) is 4.86. The van der Waals surface area contributed by atoms with E-state index in [-0.39, 0.29) is 0 Å². The van der Waals surface area contributed by atoms with E-state index in [1.165, 1.54) is 5.30 Å². The summed E-state index contributed by atoms with van der Waals surface area (Å²) in [5.41, 5.74) is 0. The number of hydrogen-bond acceptors (Lipinski definition) is 1. The fourth-order valence-electron chi connectivity index (χ4n) is 0.779. The van der Waals surface area contributed by atoms with Gasteiger partial charge >= 0.3 is 0 Å². The van der Waals surface area contributed by atoms with Gasteiger partial charge in [-0.2, -0.15) is 0 Å². The van der Waals surface area contributed by atoms with Crippen LogP contribution in [-0.2, 0) is 0 Å². The topological polar surface area (TPSA) is 9.23 Å². The lowest BCUT2D eigenvalue weighted by molar-refractivity contribution is 0.415. The van der Waals surface area contributed by atoms with Crippen LogP contribution in [0, 0.1) is 0 Å². The van der Waals surface area contributed by atoms with Gasteiger partial charge in [0.15, 0.2) is 0 Å². The van der Waals surface area contributed by atoms with E-state index in [0.29, 0.717) is 0 Å². The largest absolute Gasteiger partial charge is 0.497 e. The van der Waals surface area contributed by atoms with E-state index >= 15 is 0 Å². The Morgan fingerprint density at radius 1 is 1.40 bits per heavy atom. The molecule has 0 aliphatic carbocycles. The minimum absolute atomic E-state index is 0.849. The molecule has 0 fully saturated rings. The summed E-state index contributed by atoms with van der Waals surface area (Å²) in [5, 5.41) is 1.35. The summed E-state index contributed by atoms with van der Waals surface area (Å²) in [6, 6.07) is 8.16. The molecule has 54 valence electrons. The first-order valence-electron chi connectivity index (χ1n) is 3.18. The average Bonchev–Trinajstić information content (AvgIpc) is 2.05. The number of ether oxygens (including phenoxy) is 1. The zero-order valence-corrected chi connectivity index (χ0v) is 7.22. The molecule has 0 heterocycles. The van der Waals surface area contributed by atoms with Crippen LogP contribution in [0.3, 0.4) is 0 Å². The smallest absolute Gasteiger partial charge is 0.119 e. The predicted octanol–water partition coefficient (Wildman–Crippen LogP) is 1.63. The highest BCUT2D eigenvalue weighted by atomic mass is 31.1. The van der Waals surface area contributed by atoms with Crippen LogP contribution in [0.15, 0.2) is 24.3 Å². The standard InChI is InChI=1S/C8H11OP/c1-9-7-4-3-5-8(6-7)10-2/h3-6,10H,1-2H3. The van der Waals surface area contributed by atoms with E-state index in [2.05, 4.69) is 18.8 Å². The van der Waals surface area contributed by atoms with Gasteiger partial charge in [-0.15, -0.1) is 0 Å². The molecule has 0 saturated carbocycles. The molecule has 1 unspecified atom stereocenters. The number of hydrogen-bond donors (Lipinski definition) is 0. The van der Waals surface area contributed by atoms with Crippen molar-refractivity contribution in [2.75, 3.05) is 13.8 Å². The Bertz CT molecular complexity index is 191. The summed E-state index contributed by atoms with van der Waals surface area (Å²) >= 11 is 0. The van der Waals surface area contributed by atoms with E-state index in [1.54, 1.807) is 7.11 Å². The van der Waals surface area contributed by atoms with E-state index < -0.39 is 0 Å². The molecule has 0 radical (unpaired) electrons. The first kappa shape index (κ1) is 7.56. The Labute approximate surface area is 63.2 Å². The van der Waals surface area contributed by atoms with Crippen LogP contribution in [0.5, 0.6) is 5.75 Å². The average molecular weight is 154 g/mol. The van der Waals surface area contributed by atoms with Gasteiger partial charge in [0.1, 0.15) is 5.75 Å². The van der Waals surface area contributed by atoms with Gasteiger partial charge in [-0.25, -0.2) is 0 Å². The Kier molecular flexibility index (Phi) is 2.70. The molecule has 2 heteroatoms.